The van der Waals surface area contributed by atoms with Gasteiger partial charge in [0.15, 0.2) is 11.7 Å². The fourth-order valence-electron chi connectivity index (χ4n) is 3.93. The lowest BCUT2D eigenvalue weighted by Crippen LogP contribution is -2.44. The predicted octanol–water partition coefficient (Wildman–Crippen LogP) is 3.12. The fourth-order valence-corrected chi connectivity index (χ4v) is 3.93. The zero-order valence-electron chi connectivity index (χ0n) is 14.3. The minimum Gasteiger partial charge on any atom is -0.370 e. The van der Waals surface area contributed by atoms with Crippen LogP contribution in [0.1, 0.15) is 58.3 Å². The molecule has 2 unspecified atom stereocenters. The normalized spacial score (nSPS) is 31.7. The van der Waals surface area contributed by atoms with E-state index in [2.05, 4.69) is 16.8 Å². The smallest absolute Gasteiger partial charge is 0.191 e. The van der Waals surface area contributed by atoms with Gasteiger partial charge < -0.3 is 20.1 Å². The van der Waals surface area contributed by atoms with E-state index in [0.717, 1.165) is 25.9 Å². The fraction of sp³-hybridized carbons (Fsp3) is 0.941. The van der Waals surface area contributed by atoms with Crippen LogP contribution in [0.3, 0.4) is 0 Å². The first-order valence-corrected chi connectivity index (χ1v) is 9.03. The van der Waals surface area contributed by atoms with Crippen LogP contribution >= 0.6 is 24.0 Å². The maximum atomic E-state index is 6.23. The molecule has 0 bridgehead atoms. The molecule has 0 amide bonds. The van der Waals surface area contributed by atoms with Gasteiger partial charge in [-0.15, -0.1) is 24.0 Å². The van der Waals surface area contributed by atoms with Crippen molar-refractivity contribution in [1.29, 1.82) is 0 Å². The third kappa shape index (κ3) is 5.19. The maximum absolute atomic E-state index is 6.23. The molecule has 1 aliphatic carbocycles. The van der Waals surface area contributed by atoms with Crippen molar-refractivity contribution in [1.82, 2.24) is 4.90 Å². The molecule has 0 aromatic carbocycles. The van der Waals surface area contributed by atoms with Gasteiger partial charge in [0.2, 0.25) is 0 Å². The minimum atomic E-state index is -0.314. The van der Waals surface area contributed by atoms with Crippen LogP contribution in [0.25, 0.3) is 0 Å². The van der Waals surface area contributed by atoms with Crippen LogP contribution in [-0.2, 0) is 9.47 Å². The summed E-state index contributed by atoms with van der Waals surface area (Å²) in [5.74, 6) is 1.07. The van der Waals surface area contributed by atoms with E-state index in [4.69, 9.17) is 15.2 Å². The van der Waals surface area contributed by atoms with E-state index in [1.807, 2.05) is 0 Å². The Morgan fingerprint density at radius 1 is 1.22 bits per heavy atom. The topological polar surface area (TPSA) is 60.1 Å². The number of piperidine rings is 1. The van der Waals surface area contributed by atoms with E-state index < -0.39 is 0 Å². The van der Waals surface area contributed by atoms with Crippen LogP contribution in [0.4, 0.5) is 0 Å². The molecular weight excluding hydrogens is 405 g/mol. The largest absolute Gasteiger partial charge is 0.370 e. The van der Waals surface area contributed by atoms with E-state index in [1.165, 1.54) is 38.5 Å². The molecule has 0 aromatic rings. The van der Waals surface area contributed by atoms with Crippen molar-refractivity contribution in [3.05, 3.63) is 0 Å². The van der Waals surface area contributed by atoms with Crippen molar-refractivity contribution < 1.29 is 9.47 Å². The van der Waals surface area contributed by atoms with Crippen LogP contribution in [0, 0.1) is 5.92 Å². The highest BCUT2D eigenvalue weighted by Crippen LogP contribution is 2.36. The first-order valence-electron chi connectivity index (χ1n) is 9.03. The maximum Gasteiger partial charge on any atom is 0.191 e. The Kier molecular flexibility index (Phi) is 7.41. The summed E-state index contributed by atoms with van der Waals surface area (Å²) in [6, 6.07) is 0. The van der Waals surface area contributed by atoms with E-state index in [1.54, 1.807) is 0 Å². The van der Waals surface area contributed by atoms with Gasteiger partial charge in [0, 0.05) is 25.9 Å². The first kappa shape index (κ1) is 19.2. The van der Waals surface area contributed by atoms with Crippen LogP contribution in [0.15, 0.2) is 4.99 Å². The molecule has 0 aromatic heterocycles. The Hall–Kier alpha value is -0.0800. The van der Waals surface area contributed by atoms with Crippen molar-refractivity contribution >= 4 is 29.9 Å². The Bertz CT molecular complexity index is 397. The van der Waals surface area contributed by atoms with Gasteiger partial charge in [-0.25, -0.2) is 0 Å². The molecule has 3 fully saturated rings. The molecule has 2 N–H and O–H groups in total. The molecule has 3 aliphatic rings. The second kappa shape index (κ2) is 8.85. The summed E-state index contributed by atoms with van der Waals surface area (Å²) >= 11 is 0. The molecule has 23 heavy (non-hydrogen) atoms. The highest BCUT2D eigenvalue weighted by molar-refractivity contribution is 14.0. The monoisotopic (exact) mass is 437 g/mol. The Labute approximate surface area is 157 Å². The summed E-state index contributed by atoms with van der Waals surface area (Å²) in [7, 11) is 0. The molecule has 1 spiro atoms. The molecule has 2 heterocycles. The first-order chi connectivity index (χ1) is 10.7. The van der Waals surface area contributed by atoms with Gasteiger partial charge >= 0.3 is 0 Å². The van der Waals surface area contributed by atoms with Gasteiger partial charge in [-0.2, -0.15) is 0 Å². The number of nitrogens with two attached hydrogens (primary N) is 1. The molecule has 5 nitrogen and oxygen atoms in total. The summed E-state index contributed by atoms with van der Waals surface area (Å²) in [5, 5.41) is 0. The van der Waals surface area contributed by atoms with Crippen molar-refractivity contribution in [2.75, 3.05) is 26.2 Å². The number of nitrogens with zero attached hydrogens (tertiary/aromatic N) is 2. The van der Waals surface area contributed by atoms with Crippen molar-refractivity contribution in [2.45, 2.75) is 70.2 Å². The average molecular weight is 437 g/mol. The lowest BCUT2D eigenvalue weighted by molar-refractivity contribution is -0.174. The lowest BCUT2D eigenvalue weighted by Gasteiger charge is -2.31. The number of ether oxygens (including phenoxy) is 2. The van der Waals surface area contributed by atoms with Gasteiger partial charge in [0.05, 0.1) is 13.2 Å². The predicted molar refractivity (Wildman–Crippen MR) is 103 cm³/mol. The number of hydrogen-bond donors (Lipinski definition) is 1. The van der Waals surface area contributed by atoms with E-state index in [0.29, 0.717) is 25.0 Å². The Balaban J connectivity index is 0.00000192. The molecule has 1 saturated carbocycles. The number of likely N-dealkylation sites (tertiary alicyclic amines) is 1. The highest BCUT2D eigenvalue weighted by Gasteiger charge is 2.41. The lowest BCUT2D eigenvalue weighted by atomic mass is 10.0. The molecular formula is C17H32IN3O2. The van der Waals surface area contributed by atoms with Crippen molar-refractivity contribution in [3.63, 3.8) is 0 Å². The van der Waals surface area contributed by atoms with E-state index in [-0.39, 0.29) is 35.9 Å². The number of halogens is 1. The quantitative estimate of drug-likeness (QED) is 0.410. The van der Waals surface area contributed by atoms with Crippen molar-refractivity contribution in [2.24, 2.45) is 16.6 Å². The van der Waals surface area contributed by atoms with Gasteiger partial charge in [0.25, 0.3) is 0 Å². The molecule has 2 aliphatic heterocycles. The molecule has 2 saturated heterocycles. The number of guanidine groups is 1. The van der Waals surface area contributed by atoms with Gasteiger partial charge in [-0.1, -0.05) is 19.8 Å². The molecule has 6 heteroatoms. The number of aliphatic imine (C=N–C) groups is 1. The van der Waals surface area contributed by atoms with E-state index >= 15 is 0 Å². The molecule has 2 atom stereocenters. The van der Waals surface area contributed by atoms with Crippen LogP contribution in [0.5, 0.6) is 0 Å². The average Bonchev–Trinajstić information content (AvgIpc) is 2.76. The summed E-state index contributed by atoms with van der Waals surface area (Å²) in [6.45, 7) is 5.63. The summed E-state index contributed by atoms with van der Waals surface area (Å²) in [6.07, 6.45) is 9.68. The second-order valence-electron chi connectivity index (χ2n) is 7.27. The summed E-state index contributed by atoms with van der Waals surface area (Å²) < 4.78 is 12.2. The van der Waals surface area contributed by atoms with Crippen LogP contribution < -0.4 is 5.73 Å². The Morgan fingerprint density at radius 3 is 2.65 bits per heavy atom. The SMILES string of the molecule is CC1CCCN(C(N)=NCC2COC3(CCCCCC3)O2)C1.I. The molecule has 134 valence electrons. The minimum absolute atomic E-state index is 0. The second-order valence-corrected chi connectivity index (χ2v) is 7.27. The van der Waals surface area contributed by atoms with Crippen molar-refractivity contribution in [3.8, 4) is 0 Å². The van der Waals surface area contributed by atoms with Gasteiger partial charge in [-0.3, -0.25) is 4.99 Å². The van der Waals surface area contributed by atoms with Gasteiger partial charge in [-0.05, 0) is 31.6 Å². The molecule has 3 rings (SSSR count). The van der Waals surface area contributed by atoms with Crippen LogP contribution in [0.2, 0.25) is 0 Å². The summed E-state index contributed by atoms with van der Waals surface area (Å²) in [5.41, 5.74) is 6.16. The van der Waals surface area contributed by atoms with Gasteiger partial charge in [0.1, 0.15) is 6.10 Å². The zero-order valence-corrected chi connectivity index (χ0v) is 16.7. The third-order valence-electron chi connectivity index (χ3n) is 5.22. The molecule has 0 radical (unpaired) electrons. The number of rotatable bonds is 2. The third-order valence-corrected chi connectivity index (χ3v) is 5.22. The zero-order chi connectivity index (χ0) is 15.4. The standard InChI is InChI=1S/C17H31N3O2.HI/c1-14-7-6-10-20(12-14)16(18)19-11-15-13-21-17(22-15)8-4-2-3-5-9-17;/h14-15H,2-13H2,1H3,(H2,18,19);1H. The highest BCUT2D eigenvalue weighted by atomic mass is 127. The Morgan fingerprint density at radius 2 is 1.96 bits per heavy atom. The summed E-state index contributed by atoms with van der Waals surface area (Å²) in [4.78, 5) is 6.79. The van der Waals surface area contributed by atoms with E-state index in [9.17, 15) is 0 Å². The van der Waals surface area contributed by atoms with Crippen LogP contribution in [-0.4, -0.2) is 49.0 Å². The number of hydrogen-bond acceptors (Lipinski definition) is 3.